The Bertz CT molecular complexity index is 973. The van der Waals surface area contributed by atoms with Crippen LogP contribution in [0.4, 0.5) is 0 Å². The van der Waals surface area contributed by atoms with Crippen molar-refractivity contribution < 1.29 is 4.74 Å². The first-order valence-corrected chi connectivity index (χ1v) is 10.4. The van der Waals surface area contributed by atoms with Crippen LogP contribution >= 0.6 is 24.0 Å². The van der Waals surface area contributed by atoms with Crippen molar-refractivity contribution in [2.24, 2.45) is 4.99 Å². The largest absolute Gasteiger partial charge is 0.497 e. The van der Waals surface area contributed by atoms with Crippen molar-refractivity contribution in [3.05, 3.63) is 72.3 Å². The maximum absolute atomic E-state index is 5.28. The van der Waals surface area contributed by atoms with Gasteiger partial charge in [0, 0.05) is 31.2 Å². The van der Waals surface area contributed by atoms with Crippen LogP contribution in [-0.2, 0) is 6.54 Å². The molecule has 1 unspecified atom stereocenters. The molecule has 0 radical (unpaired) electrons. The highest BCUT2D eigenvalue weighted by Crippen LogP contribution is 2.28. The highest BCUT2D eigenvalue weighted by atomic mass is 127. The van der Waals surface area contributed by atoms with E-state index in [1.807, 2.05) is 47.0 Å². The molecule has 2 heterocycles. The quantitative estimate of drug-likeness (QED) is 0.297. The molecule has 0 spiro atoms. The number of hydrogen-bond donors (Lipinski definition) is 1. The normalized spacial score (nSPS) is 16.1. The molecular weight excluding hydrogens is 503 g/mol. The molecule has 1 aliphatic heterocycles. The first-order chi connectivity index (χ1) is 14.8. The number of likely N-dealkylation sites (tertiary alicyclic amines) is 1. The van der Waals surface area contributed by atoms with Crippen LogP contribution < -0.4 is 10.1 Å². The number of aromatic nitrogens is 3. The number of halogens is 1. The van der Waals surface area contributed by atoms with E-state index in [4.69, 9.17) is 9.73 Å². The second kappa shape index (κ2) is 11.1. The smallest absolute Gasteiger partial charge is 0.194 e. The molecule has 0 bridgehead atoms. The van der Waals surface area contributed by atoms with E-state index in [9.17, 15) is 0 Å². The highest BCUT2D eigenvalue weighted by molar-refractivity contribution is 14.0. The maximum Gasteiger partial charge on any atom is 0.194 e. The van der Waals surface area contributed by atoms with Crippen LogP contribution in [0.5, 0.6) is 5.75 Å². The summed E-state index contributed by atoms with van der Waals surface area (Å²) in [5.41, 5.74) is 2.39. The molecule has 0 saturated carbocycles. The molecule has 8 heteroatoms. The van der Waals surface area contributed by atoms with Gasteiger partial charge in [-0.05, 0) is 43.2 Å². The lowest BCUT2D eigenvalue weighted by Crippen LogP contribution is -2.40. The summed E-state index contributed by atoms with van der Waals surface area (Å²) in [6.45, 7) is 5.32. The van der Waals surface area contributed by atoms with Gasteiger partial charge in [0.25, 0.3) is 0 Å². The minimum Gasteiger partial charge on any atom is -0.497 e. The lowest BCUT2D eigenvalue weighted by Gasteiger charge is -2.21. The van der Waals surface area contributed by atoms with E-state index < -0.39 is 0 Å². The Morgan fingerprint density at radius 1 is 1.16 bits per heavy atom. The van der Waals surface area contributed by atoms with Crippen molar-refractivity contribution in [1.82, 2.24) is 25.0 Å². The monoisotopic (exact) mass is 532 g/mol. The third kappa shape index (κ3) is 5.55. The fraction of sp³-hybridized carbons (Fsp3) is 0.348. The molecule has 2 aromatic carbocycles. The molecule has 1 aliphatic rings. The van der Waals surface area contributed by atoms with Gasteiger partial charge in [0.05, 0.1) is 7.11 Å². The number of benzene rings is 2. The maximum atomic E-state index is 5.28. The Morgan fingerprint density at radius 2 is 1.94 bits per heavy atom. The van der Waals surface area contributed by atoms with Gasteiger partial charge in [-0.2, -0.15) is 0 Å². The van der Waals surface area contributed by atoms with E-state index in [0.717, 1.165) is 49.3 Å². The third-order valence-electron chi connectivity index (χ3n) is 5.43. The Hall–Kier alpha value is -2.62. The predicted molar refractivity (Wildman–Crippen MR) is 134 cm³/mol. The molecule has 7 nitrogen and oxygen atoms in total. The number of guanidine groups is 1. The van der Waals surface area contributed by atoms with Crippen molar-refractivity contribution in [2.75, 3.05) is 26.7 Å². The minimum absolute atomic E-state index is 0. The van der Waals surface area contributed by atoms with Crippen LogP contribution in [0.3, 0.4) is 0 Å². The molecule has 1 atom stereocenters. The van der Waals surface area contributed by atoms with Crippen LogP contribution in [0.15, 0.2) is 65.9 Å². The van der Waals surface area contributed by atoms with E-state index in [1.165, 1.54) is 5.56 Å². The van der Waals surface area contributed by atoms with Crippen LogP contribution in [-0.4, -0.2) is 52.4 Å². The zero-order chi connectivity index (χ0) is 20.8. The number of aliphatic imine (C=N–C) groups is 1. The molecule has 164 valence electrons. The first-order valence-electron chi connectivity index (χ1n) is 10.4. The van der Waals surface area contributed by atoms with Crippen molar-refractivity contribution in [1.29, 1.82) is 0 Å². The summed E-state index contributed by atoms with van der Waals surface area (Å²) >= 11 is 0. The molecule has 0 amide bonds. The topological polar surface area (TPSA) is 67.6 Å². The van der Waals surface area contributed by atoms with Crippen molar-refractivity contribution in [3.8, 4) is 11.4 Å². The minimum atomic E-state index is 0. The molecule has 0 aliphatic carbocycles. The standard InChI is InChI=1S/C23H28N6O.HI/c1-3-24-23(25-15-22-27-26-17-29(22)20-7-5-4-6-8-20)28-14-13-19(16-28)18-9-11-21(30-2)12-10-18;/h4-12,17,19H,3,13-16H2,1-2H3,(H,24,25);1H. The fourth-order valence-electron chi connectivity index (χ4n) is 3.84. The third-order valence-corrected chi connectivity index (χ3v) is 5.43. The Kier molecular flexibility index (Phi) is 8.27. The Morgan fingerprint density at radius 3 is 2.65 bits per heavy atom. The Balaban J connectivity index is 0.00000272. The summed E-state index contributed by atoms with van der Waals surface area (Å²) < 4.78 is 7.26. The van der Waals surface area contributed by atoms with Crippen LogP contribution in [0.2, 0.25) is 0 Å². The van der Waals surface area contributed by atoms with E-state index in [1.54, 1.807) is 13.4 Å². The number of para-hydroxylation sites is 1. The highest BCUT2D eigenvalue weighted by Gasteiger charge is 2.26. The zero-order valence-corrected chi connectivity index (χ0v) is 20.3. The fourth-order valence-corrected chi connectivity index (χ4v) is 3.84. The molecule has 1 saturated heterocycles. The van der Waals surface area contributed by atoms with Crippen LogP contribution in [0.25, 0.3) is 5.69 Å². The number of nitrogens with one attached hydrogen (secondary N) is 1. The molecular formula is C23H29IN6O. The Labute approximate surface area is 200 Å². The van der Waals surface area contributed by atoms with E-state index in [2.05, 4.69) is 39.5 Å². The average molecular weight is 532 g/mol. The van der Waals surface area contributed by atoms with E-state index >= 15 is 0 Å². The van der Waals surface area contributed by atoms with Crippen LogP contribution in [0.1, 0.15) is 30.7 Å². The van der Waals surface area contributed by atoms with E-state index in [-0.39, 0.29) is 24.0 Å². The van der Waals surface area contributed by atoms with Gasteiger partial charge in [-0.3, -0.25) is 4.57 Å². The second-order valence-electron chi connectivity index (χ2n) is 7.33. The van der Waals surface area contributed by atoms with Gasteiger partial charge in [0.15, 0.2) is 11.8 Å². The summed E-state index contributed by atoms with van der Waals surface area (Å²) in [5, 5.41) is 11.8. The number of hydrogen-bond acceptors (Lipinski definition) is 4. The zero-order valence-electron chi connectivity index (χ0n) is 17.9. The van der Waals surface area contributed by atoms with Gasteiger partial charge in [-0.25, -0.2) is 4.99 Å². The molecule has 1 aromatic heterocycles. The van der Waals surface area contributed by atoms with Gasteiger partial charge in [-0.15, -0.1) is 34.2 Å². The average Bonchev–Trinajstić information content (AvgIpc) is 3.47. The lowest BCUT2D eigenvalue weighted by atomic mass is 9.98. The van der Waals surface area contributed by atoms with Gasteiger partial charge in [0.2, 0.25) is 0 Å². The molecule has 4 rings (SSSR count). The van der Waals surface area contributed by atoms with Crippen molar-refractivity contribution >= 4 is 29.9 Å². The van der Waals surface area contributed by atoms with Crippen molar-refractivity contribution in [3.63, 3.8) is 0 Å². The van der Waals surface area contributed by atoms with E-state index in [0.29, 0.717) is 12.5 Å². The summed E-state index contributed by atoms with van der Waals surface area (Å²) in [7, 11) is 1.70. The van der Waals surface area contributed by atoms with Gasteiger partial charge in [-0.1, -0.05) is 30.3 Å². The van der Waals surface area contributed by atoms with Crippen LogP contribution in [0, 0.1) is 0 Å². The molecule has 1 fully saturated rings. The van der Waals surface area contributed by atoms with Crippen molar-refractivity contribution in [2.45, 2.75) is 25.8 Å². The van der Waals surface area contributed by atoms with Gasteiger partial charge in [0.1, 0.15) is 18.6 Å². The summed E-state index contributed by atoms with van der Waals surface area (Å²) in [4.78, 5) is 7.20. The number of nitrogens with zero attached hydrogens (tertiary/aromatic N) is 5. The molecule has 31 heavy (non-hydrogen) atoms. The first kappa shape index (κ1) is 23.1. The number of ether oxygens (including phenoxy) is 1. The lowest BCUT2D eigenvalue weighted by molar-refractivity contribution is 0.414. The summed E-state index contributed by atoms with van der Waals surface area (Å²) in [5.74, 6) is 3.14. The van der Waals surface area contributed by atoms with Gasteiger partial charge < -0.3 is 15.0 Å². The molecule has 1 N–H and O–H groups in total. The predicted octanol–water partition coefficient (Wildman–Crippen LogP) is 3.85. The SMILES string of the molecule is CCNC(=NCc1nncn1-c1ccccc1)N1CCC(c2ccc(OC)cc2)C1.I. The summed E-state index contributed by atoms with van der Waals surface area (Å²) in [6, 6.07) is 18.5. The number of rotatable bonds is 6. The van der Waals surface area contributed by atoms with Gasteiger partial charge >= 0.3 is 0 Å². The molecule has 3 aromatic rings. The number of methoxy groups -OCH3 is 1. The second-order valence-corrected chi connectivity index (χ2v) is 7.33. The summed E-state index contributed by atoms with van der Waals surface area (Å²) in [6.07, 6.45) is 2.85.